The molecule has 2 rings (SSSR count). The highest BCUT2D eigenvalue weighted by Crippen LogP contribution is 2.66. The van der Waals surface area contributed by atoms with Gasteiger partial charge in [0.1, 0.15) is 5.54 Å². The highest BCUT2D eigenvalue weighted by Gasteiger charge is 2.88. The van der Waals surface area contributed by atoms with Crippen LogP contribution >= 0.6 is 22.6 Å². The normalized spacial score (nSPS) is 27.1. The SMILES string of the molecule is CCOC1(O[Si](C)(C)C)N(S(=O)(=O)C(F)(F)C(F)(F)OC(F)(F)C(F)(F)I)C12CCCCC2. The summed E-state index contributed by atoms with van der Waals surface area (Å²) in [7, 11) is -9.32. The van der Waals surface area contributed by atoms with Gasteiger partial charge in [0.25, 0.3) is 15.9 Å². The Morgan fingerprint density at radius 2 is 1.42 bits per heavy atom. The Morgan fingerprint density at radius 1 is 0.939 bits per heavy atom. The van der Waals surface area contributed by atoms with Crippen LogP contribution in [-0.2, 0) is 23.9 Å². The summed E-state index contributed by atoms with van der Waals surface area (Å²) in [5.74, 6) is -2.36. The predicted molar refractivity (Wildman–Crippen MR) is 110 cm³/mol. The second kappa shape index (κ2) is 8.64. The van der Waals surface area contributed by atoms with Crippen LogP contribution in [0, 0.1) is 0 Å². The van der Waals surface area contributed by atoms with E-state index in [4.69, 9.17) is 9.16 Å². The number of hydrogen-bond donors (Lipinski definition) is 0. The largest absolute Gasteiger partial charge is 0.449 e. The second-order valence-corrected chi connectivity index (χ2v) is 16.4. The number of hydrogen-bond acceptors (Lipinski definition) is 5. The molecule has 0 aromatic carbocycles. The van der Waals surface area contributed by atoms with Crippen molar-refractivity contribution in [2.75, 3.05) is 6.61 Å². The average Bonchev–Trinajstić information content (AvgIpc) is 3.10. The Balaban J connectivity index is 2.59. The van der Waals surface area contributed by atoms with Crippen LogP contribution in [0.1, 0.15) is 39.0 Å². The molecule has 0 radical (unpaired) electrons. The van der Waals surface area contributed by atoms with Crippen LogP contribution in [0.15, 0.2) is 0 Å². The van der Waals surface area contributed by atoms with Crippen molar-refractivity contribution in [1.29, 1.82) is 0 Å². The van der Waals surface area contributed by atoms with Gasteiger partial charge in [0, 0.05) is 29.2 Å². The average molecular weight is 649 g/mol. The minimum atomic E-state index is -6.53. The lowest BCUT2D eigenvalue weighted by molar-refractivity contribution is -0.438. The monoisotopic (exact) mass is 649 g/mol. The van der Waals surface area contributed by atoms with Crippen LogP contribution in [-0.4, -0.2) is 60.5 Å². The van der Waals surface area contributed by atoms with E-state index in [0.717, 1.165) is 0 Å². The Morgan fingerprint density at radius 3 is 1.82 bits per heavy atom. The topological polar surface area (TPSA) is 64.8 Å². The number of rotatable bonds is 10. The van der Waals surface area contributed by atoms with Crippen LogP contribution in [0.2, 0.25) is 19.6 Å². The molecule has 33 heavy (non-hydrogen) atoms. The van der Waals surface area contributed by atoms with E-state index in [2.05, 4.69) is 4.74 Å². The summed E-state index contributed by atoms with van der Waals surface area (Å²) in [6.45, 7) is 5.87. The predicted octanol–water partition coefficient (Wildman–Crippen LogP) is 5.70. The maximum absolute atomic E-state index is 14.8. The van der Waals surface area contributed by atoms with Crippen LogP contribution in [0.3, 0.4) is 0 Å². The third kappa shape index (κ3) is 4.79. The van der Waals surface area contributed by atoms with E-state index in [1.807, 2.05) is 0 Å². The van der Waals surface area contributed by atoms with Gasteiger partial charge in [-0.1, -0.05) is 19.3 Å². The molecule has 17 heteroatoms. The van der Waals surface area contributed by atoms with Crippen LogP contribution in [0.4, 0.5) is 35.1 Å². The highest BCUT2D eigenvalue weighted by atomic mass is 127. The molecule has 2 atom stereocenters. The molecule has 1 saturated heterocycles. The van der Waals surface area contributed by atoms with E-state index < -0.39 is 51.2 Å². The molecule has 1 aliphatic carbocycles. The molecule has 0 bridgehead atoms. The van der Waals surface area contributed by atoms with Crippen LogP contribution in [0.25, 0.3) is 0 Å². The van der Waals surface area contributed by atoms with Gasteiger partial charge in [-0.05, 0) is 39.4 Å². The molecule has 0 amide bonds. The van der Waals surface area contributed by atoms with E-state index in [0.29, 0.717) is 19.3 Å². The van der Waals surface area contributed by atoms with Crippen LogP contribution in [0.5, 0.6) is 0 Å². The zero-order valence-electron chi connectivity index (χ0n) is 18.0. The first kappa shape index (κ1) is 29.4. The molecule has 0 aromatic rings. The van der Waals surface area contributed by atoms with Gasteiger partial charge in [-0.3, -0.25) is 0 Å². The highest BCUT2D eigenvalue weighted by molar-refractivity contribution is 14.1. The molecule has 2 aliphatic rings. The van der Waals surface area contributed by atoms with Crippen molar-refractivity contribution in [3.05, 3.63) is 0 Å². The summed E-state index contributed by atoms with van der Waals surface area (Å²) < 4.78 is 145. The Kier molecular flexibility index (Phi) is 7.70. The number of ether oxygens (including phenoxy) is 2. The summed E-state index contributed by atoms with van der Waals surface area (Å²) in [4.78, 5) is 0. The lowest BCUT2D eigenvalue weighted by Crippen LogP contribution is -2.57. The Bertz CT molecular complexity index is 845. The molecule has 2 fully saturated rings. The molecular weight excluding hydrogens is 625 g/mol. The molecule has 1 aliphatic heterocycles. The van der Waals surface area contributed by atoms with Crippen molar-refractivity contribution in [2.24, 2.45) is 0 Å². The maximum atomic E-state index is 14.8. The minimum absolute atomic E-state index is 0.0501. The first-order chi connectivity index (χ1) is 14.5. The van der Waals surface area contributed by atoms with Crippen molar-refractivity contribution in [1.82, 2.24) is 4.31 Å². The van der Waals surface area contributed by atoms with Gasteiger partial charge < -0.3 is 9.16 Å². The number of sulfonamides is 1. The van der Waals surface area contributed by atoms with E-state index in [9.17, 15) is 43.5 Å². The lowest BCUT2D eigenvalue weighted by Gasteiger charge is -2.32. The minimum Gasteiger partial charge on any atom is -0.377 e. The van der Waals surface area contributed by atoms with Gasteiger partial charge in [0.2, 0.25) is 0 Å². The quantitative estimate of drug-likeness (QED) is 0.0760. The molecule has 6 nitrogen and oxygen atoms in total. The van der Waals surface area contributed by atoms with Gasteiger partial charge in [-0.25, -0.2) is 13.2 Å². The third-order valence-electron chi connectivity index (χ3n) is 5.15. The zero-order chi connectivity index (χ0) is 25.9. The first-order valence-electron chi connectivity index (χ1n) is 9.84. The molecular formula is C16H24F8INO5SSi. The molecule has 196 valence electrons. The third-order valence-corrected chi connectivity index (χ3v) is 8.62. The lowest BCUT2D eigenvalue weighted by atomic mass is 9.87. The van der Waals surface area contributed by atoms with E-state index in [1.165, 1.54) is 6.92 Å². The summed E-state index contributed by atoms with van der Waals surface area (Å²) in [6, 6.07) is 0. The molecule has 0 aromatic heterocycles. The summed E-state index contributed by atoms with van der Waals surface area (Å²) in [6.07, 6.45) is -11.6. The fourth-order valence-electron chi connectivity index (χ4n) is 3.93. The molecule has 0 N–H and O–H groups in total. The first-order valence-corrected chi connectivity index (χ1v) is 15.8. The van der Waals surface area contributed by atoms with Crippen molar-refractivity contribution >= 4 is 40.9 Å². The van der Waals surface area contributed by atoms with Gasteiger partial charge in [-0.2, -0.15) is 35.1 Å². The van der Waals surface area contributed by atoms with Gasteiger partial charge in [-0.15, -0.1) is 4.31 Å². The van der Waals surface area contributed by atoms with E-state index in [-0.39, 0.29) is 46.3 Å². The molecule has 1 spiro atoms. The van der Waals surface area contributed by atoms with Crippen molar-refractivity contribution < 1.29 is 57.4 Å². The summed E-state index contributed by atoms with van der Waals surface area (Å²) >= 11 is -0.286. The van der Waals surface area contributed by atoms with Gasteiger partial charge >= 0.3 is 21.4 Å². The number of halogens is 9. The number of alkyl halides is 9. The second-order valence-electron chi connectivity index (χ2n) is 8.74. The summed E-state index contributed by atoms with van der Waals surface area (Å²) in [5, 5.41) is -6.36. The molecule has 1 heterocycles. The number of nitrogens with zero attached hydrogens (tertiary/aromatic N) is 1. The van der Waals surface area contributed by atoms with Crippen LogP contribution < -0.4 is 0 Å². The fraction of sp³-hybridized carbons (Fsp3) is 1.00. The van der Waals surface area contributed by atoms with E-state index >= 15 is 0 Å². The van der Waals surface area contributed by atoms with Crippen molar-refractivity contribution in [2.45, 2.75) is 91.5 Å². The Labute approximate surface area is 200 Å². The van der Waals surface area contributed by atoms with Gasteiger partial charge in [0.15, 0.2) is 8.32 Å². The molecule has 2 unspecified atom stereocenters. The zero-order valence-corrected chi connectivity index (χ0v) is 22.0. The fourth-order valence-corrected chi connectivity index (χ4v) is 7.14. The maximum Gasteiger partial charge on any atom is 0.449 e. The molecule has 1 saturated carbocycles. The smallest absolute Gasteiger partial charge is 0.377 e. The van der Waals surface area contributed by atoms with E-state index in [1.54, 1.807) is 19.6 Å². The van der Waals surface area contributed by atoms with Gasteiger partial charge in [0.05, 0.1) is 0 Å². The van der Waals surface area contributed by atoms with Crippen molar-refractivity contribution in [3.63, 3.8) is 0 Å². The summed E-state index contributed by atoms with van der Waals surface area (Å²) in [5.41, 5.74) is -1.78. The standard InChI is InChI=1S/C16H24F8INO5SSi/c1-5-29-16(31-33(2,3)4)11(9-7-6-8-10-11)26(16)32(27,28)15(23,24)14(21,22)30-13(19,20)12(17,18)25/h5-10H2,1-4H3. The van der Waals surface area contributed by atoms with Crippen molar-refractivity contribution in [3.8, 4) is 0 Å². The Hall–Kier alpha value is 0.177.